The number of halogens is 1. The molecule has 0 spiro atoms. The van der Waals surface area contributed by atoms with Crippen molar-refractivity contribution in [3.8, 4) is 0 Å². The fourth-order valence-electron chi connectivity index (χ4n) is 2.73. The molecule has 0 saturated heterocycles. The third-order valence-corrected chi connectivity index (χ3v) is 4.29. The van der Waals surface area contributed by atoms with Gasteiger partial charge in [0.05, 0.1) is 0 Å². The number of carbonyl (C=O) groups is 1. The summed E-state index contributed by atoms with van der Waals surface area (Å²) in [6, 6.07) is 16.1. The van der Waals surface area contributed by atoms with Gasteiger partial charge in [0.2, 0.25) is 0 Å². The van der Waals surface area contributed by atoms with Gasteiger partial charge in [-0.3, -0.25) is 4.79 Å². The Labute approximate surface area is 127 Å². The van der Waals surface area contributed by atoms with Crippen LogP contribution in [0.3, 0.4) is 0 Å². The SMILES string of the molecule is O=C(Cc1ccc(Br)cc1)C1CCNc2ccccc21. The average Bonchev–Trinajstić information content (AvgIpc) is 2.49. The predicted octanol–water partition coefficient (Wildman–Crippen LogP) is 4.16. The van der Waals surface area contributed by atoms with Crippen molar-refractivity contribution in [2.45, 2.75) is 18.8 Å². The van der Waals surface area contributed by atoms with Crippen LogP contribution in [0.4, 0.5) is 5.69 Å². The highest BCUT2D eigenvalue weighted by Crippen LogP contribution is 2.32. The van der Waals surface area contributed by atoms with Crippen molar-refractivity contribution in [3.05, 3.63) is 64.1 Å². The Kier molecular flexibility index (Phi) is 3.88. The standard InChI is InChI=1S/C17H16BrNO/c18-13-7-5-12(6-8-13)11-17(20)15-9-10-19-16-4-2-1-3-14(15)16/h1-8,15,19H,9-11H2. The number of ketones is 1. The number of rotatable bonds is 3. The largest absolute Gasteiger partial charge is 0.385 e. The molecule has 2 aromatic rings. The number of fused-ring (bicyclic) bond motifs is 1. The number of hydrogen-bond donors (Lipinski definition) is 1. The summed E-state index contributed by atoms with van der Waals surface area (Å²) in [7, 11) is 0. The molecule has 0 aromatic heterocycles. The molecule has 0 radical (unpaired) electrons. The lowest BCUT2D eigenvalue weighted by atomic mass is 9.85. The van der Waals surface area contributed by atoms with Crippen LogP contribution in [0.25, 0.3) is 0 Å². The zero-order valence-electron chi connectivity index (χ0n) is 11.1. The van der Waals surface area contributed by atoms with Gasteiger partial charge >= 0.3 is 0 Å². The van der Waals surface area contributed by atoms with Crippen molar-refractivity contribution in [1.29, 1.82) is 0 Å². The van der Waals surface area contributed by atoms with E-state index in [0.29, 0.717) is 12.2 Å². The van der Waals surface area contributed by atoms with Gasteiger partial charge in [0.1, 0.15) is 5.78 Å². The topological polar surface area (TPSA) is 29.1 Å². The van der Waals surface area contributed by atoms with E-state index in [1.807, 2.05) is 36.4 Å². The molecule has 1 aliphatic heterocycles. The lowest BCUT2D eigenvalue weighted by Crippen LogP contribution is -2.24. The van der Waals surface area contributed by atoms with E-state index in [4.69, 9.17) is 0 Å². The van der Waals surface area contributed by atoms with Crippen LogP contribution in [-0.4, -0.2) is 12.3 Å². The zero-order valence-corrected chi connectivity index (χ0v) is 12.7. The number of carbonyl (C=O) groups excluding carboxylic acids is 1. The third kappa shape index (κ3) is 2.78. The summed E-state index contributed by atoms with van der Waals surface area (Å²) in [4.78, 5) is 12.6. The molecule has 0 amide bonds. The lowest BCUT2D eigenvalue weighted by molar-refractivity contribution is -0.120. The van der Waals surface area contributed by atoms with Gasteiger partial charge in [-0.1, -0.05) is 46.3 Å². The minimum atomic E-state index is 0.0242. The molecule has 1 N–H and O–H groups in total. The maximum absolute atomic E-state index is 12.6. The Morgan fingerprint density at radius 2 is 1.90 bits per heavy atom. The van der Waals surface area contributed by atoms with Crippen LogP contribution < -0.4 is 5.32 Å². The van der Waals surface area contributed by atoms with E-state index in [1.165, 1.54) is 0 Å². The van der Waals surface area contributed by atoms with E-state index in [0.717, 1.165) is 34.3 Å². The van der Waals surface area contributed by atoms with Crippen molar-refractivity contribution >= 4 is 27.4 Å². The predicted molar refractivity (Wildman–Crippen MR) is 85.1 cm³/mol. The molecular weight excluding hydrogens is 314 g/mol. The van der Waals surface area contributed by atoms with E-state index in [2.05, 4.69) is 33.4 Å². The van der Waals surface area contributed by atoms with Crippen molar-refractivity contribution in [2.75, 3.05) is 11.9 Å². The van der Waals surface area contributed by atoms with E-state index < -0.39 is 0 Å². The summed E-state index contributed by atoms with van der Waals surface area (Å²) in [5, 5.41) is 3.36. The number of para-hydroxylation sites is 1. The lowest BCUT2D eigenvalue weighted by Gasteiger charge is -2.25. The molecular formula is C17H16BrNO. The summed E-state index contributed by atoms with van der Waals surface area (Å²) in [5.41, 5.74) is 3.32. The number of nitrogens with one attached hydrogen (secondary N) is 1. The number of benzene rings is 2. The van der Waals surface area contributed by atoms with Gasteiger partial charge in [0.25, 0.3) is 0 Å². The molecule has 1 heterocycles. The van der Waals surface area contributed by atoms with Crippen molar-refractivity contribution in [2.24, 2.45) is 0 Å². The highest BCUT2D eigenvalue weighted by atomic mass is 79.9. The molecule has 0 bridgehead atoms. The molecule has 0 fully saturated rings. The van der Waals surface area contributed by atoms with Gasteiger partial charge in [-0.05, 0) is 35.7 Å². The Bertz CT molecular complexity index is 621. The smallest absolute Gasteiger partial charge is 0.144 e. The Morgan fingerprint density at radius 1 is 1.15 bits per heavy atom. The molecule has 3 rings (SSSR count). The minimum Gasteiger partial charge on any atom is -0.385 e. The Morgan fingerprint density at radius 3 is 2.70 bits per heavy atom. The summed E-state index contributed by atoms with van der Waals surface area (Å²) in [5.74, 6) is 0.331. The third-order valence-electron chi connectivity index (χ3n) is 3.76. The highest BCUT2D eigenvalue weighted by Gasteiger charge is 2.25. The maximum atomic E-state index is 12.6. The molecule has 1 atom stereocenters. The first-order valence-corrected chi connectivity index (χ1v) is 7.63. The van der Waals surface area contributed by atoms with Crippen LogP contribution in [0.1, 0.15) is 23.5 Å². The highest BCUT2D eigenvalue weighted by molar-refractivity contribution is 9.10. The van der Waals surface area contributed by atoms with E-state index in [1.54, 1.807) is 0 Å². The number of hydrogen-bond acceptors (Lipinski definition) is 2. The van der Waals surface area contributed by atoms with Crippen LogP contribution >= 0.6 is 15.9 Å². The van der Waals surface area contributed by atoms with E-state index in [9.17, 15) is 4.79 Å². The molecule has 20 heavy (non-hydrogen) atoms. The summed E-state index contributed by atoms with van der Waals surface area (Å²) < 4.78 is 1.04. The van der Waals surface area contributed by atoms with Gasteiger partial charge < -0.3 is 5.32 Å². The monoisotopic (exact) mass is 329 g/mol. The summed E-state index contributed by atoms with van der Waals surface area (Å²) in [6.07, 6.45) is 1.39. The molecule has 3 heteroatoms. The average molecular weight is 330 g/mol. The molecule has 0 saturated carbocycles. The van der Waals surface area contributed by atoms with Crippen molar-refractivity contribution < 1.29 is 4.79 Å². The second-order valence-corrected chi connectivity index (χ2v) is 6.04. The quantitative estimate of drug-likeness (QED) is 0.916. The summed E-state index contributed by atoms with van der Waals surface area (Å²) >= 11 is 3.42. The van der Waals surface area contributed by atoms with E-state index in [-0.39, 0.29) is 5.92 Å². The van der Waals surface area contributed by atoms with Crippen LogP contribution in [0.2, 0.25) is 0 Å². The second kappa shape index (κ2) is 5.80. The molecule has 2 nitrogen and oxygen atoms in total. The van der Waals surface area contributed by atoms with Gasteiger partial charge in [0, 0.05) is 29.0 Å². The molecule has 2 aromatic carbocycles. The van der Waals surface area contributed by atoms with Gasteiger partial charge in [-0.25, -0.2) is 0 Å². The van der Waals surface area contributed by atoms with Crippen LogP contribution in [0.15, 0.2) is 53.0 Å². The Balaban J connectivity index is 1.80. The van der Waals surface area contributed by atoms with Gasteiger partial charge in [-0.2, -0.15) is 0 Å². The van der Waals surface area contributed by atoms with Crippen molar-refractivity contribution in [3.63, 3.8) is 0 Å². The fraction of sp³-hybridized carbons (Fsp3) is 0.235. The number of anilines is 1. The van der Waals surface area contributed by atoms with Crippen LogP contribution in [-0.2, 0) is 11.2 Å². The van der Waals surface area contributed by atoms with Crippen LogP contribution in [0.5, 0.6) is 0 Å². The van der Waals surface area contributed by atoms with Crippen molar-refractivity contribution in [1.82, 2.24) is 0 Å². The maximum Gasteiger partial charge on any atom is 0.144 e. The van der Waals surface area contributed by atoms with Gasteiger partial charge in [-0.15, -0.1) is 0 Å². The van der Waals surface area contributed by atoms with E-state index >= 15 is 0 Å². The first-order valence-electron chi connectivity index (χ1n) is 6.84. The van der Waals surface area contributed by atoms with Gasteiger partial charge in [0.15, 0.2) is 0 Å². The normalized spacial score (nSPS) is 17.1. The summed E-state index contributed by atoms with van der Waals surface area (Å²) in [6.45, 7) is 0.869. The minimum absolute atomic E-state index is 0.0242. The first-order chi connectivity index (χ1) is 9.74. The molecule has 1 aliphatic rings. The fourth-order valence-corrected chi connectivity index (χ4v) is 2.99. The zero-order chi connectivity index (χ0) is 13.9. The second-order valence-electron chi connectivity index (χ2n) is 5.12. The Hall–Kier alpha value is -1.61. The molecule has 1 unspecified atom stereocenters. The van der Waals surface area contributed by atoms with Crippen LogP contribution in [0, 0.1) is 0 Å². The first kappa shape index (κ1) is 13.4. The number of Topliss-reactive ketones (excluding diaryl/α,β-unsaturated/α-hetero) is 1. The molecule has 102 valence electrons. The molecule has 0 aliphatic carbocycles.